The van der Waals surface area contributed by atoms with Crippen LogP contribution in [0.15, 0.2) is 0 Å². The lowest BCUT2D eigenvalue weighted by molar-refractivity contribution is -0.121. The number of amides is 2. The maximum Gasteiger partial charge on any atom is 0.409 e. The third kappa shape index (κ3) is 9.30. The molecule has 0 rings (SSSR count). The predicted octanol–water partition coefficient (Wildman–Crippen LogP) is 1.80. The summed E-state index contributed by atoms with van der Waals surface area (Å²) >= 11 is 0. The molecule has 0 aromatic carbocycles. The number of unbranched alkanes of at least 4 members (excludes halogenated alkanes) is 3. The lowest BCUT2D eigenvalue weighted by Gasteiger charge is -2.21. The number of hydrogen-bond acceptors (Lipinski definition) is 4. The van der Waals surface area contributed by atoms with Crippen molar-refractivity contribution in [1.82, 2.24) is 10.3 Å². The van der Waals surface area contributed by atoms with Crippen LogP contribution in [0.5, 0.6) is 0 Å². The minimum atomic E-state index is -0.262. The predicted molar refractivity (Wildman–Crippen MR) is 74.3 cm³/mol. The largest absolute Gasteiger partial charge is 0.450 e. The van der Waals surface area contributed by atoms with Crippen molar-refractivity contribution in [2.24, 2.45) is 5.84 Å². The number of carbonyl (C=O) groups is 2. The van der Waals surface area contributed by atoms with Gasteiger partial charge in [-0.15, -0.1) is 0 Å². The van der Waals surface area contributed by atoms with Crippen molar-refractivity contribution in [3.63, 3.8) is 0 Å². The van der Waals surface area contributed by atoms with Gasteiger partial charge in [0.15, 0.2) is 0 Å². The number of hydrogen-bond donors (Lipinski definition) is 2. The monoisotopic (exact) mass is 273 g/mol. The highest BCUT2D eigenvalue weighted by Gasteiger charge is 2.13. The van der Waals surface area contributed by atoms with Gasteiger partial charge in [0.2, 0.25) is 5.91 Å². The quantitative estimate of drug-likeness (QED) is 0.275. The van der Waals surface area contributed by atoms with E-state index < -0.39 is 0 Å². The van der Waals surface area contributed by atoms with Crippen molar-refractivity contribution >= 4 is 12.0 Å². The van der Waals surface area contributed by atoms with E-state index in [0.717, 1.165) is 32.2 Å². The van der Waals surface area contributed by atoms with Gasteiger partial charge in [0.25, 0.3) is 0 Å². The lowest BCUT2D eigenvalue weighted by atomic mass is 10.2. The SMILES string of the molecule is CCCCCN(CCCCC(=O)NN)C(=O)OCC. The van der Waals surface area contributed by atoms with E-state index in [1.54, 1.807) is 11.8 Å². The first-order chi connectivity index (χ1) is 9.15. The molecule has 112 valence electrons. The molecule has 0 aromatic heterocycles. The second kappa shape index (κ2) is 11.8. The van der Waals surface area contributed by atoms with Crippen LogP contribution in [-0.2, 0) is 9.53 Å². The van der Waals surface area contributed by atoms with E-state index in [9.17, 15) is 9.59 Å². The van der Waals surface area contributed by atoms with E-state index in [1.165, 1.54) is 0 Å². The average molecular weight is 273 g/mol. The Labute approximate surface area is 115 Å². The zero-order chi connectivity index (χ0) is 14.5. The average Bonchev–Trinajstić information content (AvgIpc) is 2.41. The summed E-state index contributed by atoms with van der Waals surface area (Å²) in [5.41, 5.74) is 2.09. The van der Waals surface area contributed by atoms with Crippen LogP contribution in [0, 0.1) is 0 Å². The van der Waals surface area contributed by atoms with Crippen molar-refractivity contribution in [3.05, 3.63) is 0 Å². The minimum absolute atomic E-state index is 0.173. The number of hydrazine groups is 1. The summed E-state index contributed by atoms with van der Waals surface area (Å²) in [5, 5.41) is 0. The van der Waals surface area contributed by atoms with Crippen LogP contribution in [0.4, 0.5) is 4.79 Å². The fraction of sp³-hybridized carbons (Fsp3) is 0.846. The standard InChI is InChI=1S/C13H27N3O3/c1-3-5-7-10-16(13(18)19-4-2)11-8-6-9-12(17)15-14/h3-11,14H2,1-2H3,(H,15,17). The Bertz CT molecular complexity index is 260. The maximum absolute atomic E-state index is 11.7. The molecule has 3 N–H and O–H groups in total. The van der Waals surface area contributed by atoms with Gasteiger partial charge in [0.1, 0.15) is 0 Å². The fourth-order valence-corrected chi connectivity index (χ4v) is 1.72. The highest BCUT2D eigenvalue weighted by atomic mass is 16.6. The van der Waals surface area contributed by atoms with Gasteiger partial charge in [0, 0.05) is 19.5 Å². The highest BCUT2D eigenvalue weighted by Crippen LogP contribution is 2.05. The Morgan fingerprint density at radius 1 is 1.11 bits per heavy atom. The molecular formula is C13H27N3O3. The molecule has 0 atom stereocenters. The molecule has 0 aromatic rings. The Kier molecular flexibility index (Phi) is 11.0. The molecular weight excluding hydrogens is 246 g/mol. The number of nitrogens with zero attached hydrogens (tertiary/aromatic N) is 1. The van der Waals surface area contributed by atoms with Gasteiger partial charge in [-0.05, 0) is 26.2 Å². The van der Waals surface area contributed by atoms with E-state index in [1.807, 2.05) is 0 Å². The van der Waals surface area contributed by atoms with E-state index >= 15 is 0 Å². The van der Waals surface area contributed by atoms with Crippen LogP contribution >= 0.6 is 0 Å². The van der Waals surface area contributed by atoms with Crippen LogP contribution in [0.2, 0.25) is 0 Å². The maximum atomic E-state index is 11.7. The third-order valence-corrected chi connectivity index (χ3v) is 2.80. The molecule has 0 bridgehead atoms. The second-order valence-electron chi connectivity index (χ2n) is 4.42. The summed E-state index contributed by atoms with van der Waals surface area (Å²) in [6, 6.07) is 0. The Hall–Kier alpha value is -1.30. The van der Waals surface area contributed by atoms with Gasteiger partial charge in [0.05, 0.1) is 6.61 Å². The molecule has 0 heterocycles. The molecule has 0 unspecified atom stereocenters. The molecule has 0 saturated heterocycles. The third-order valence-electron chi connectivity index (χ3n) is 2.80. The van der Waals surface area contributed by atoms with Crippen LogP contribution < -0.4 is 11.3 Å². The number of ether oxygens (including phenoxy) is 1. The number of nitrogens with one attached hydrogen (secondary N) is 1. The lowest BCUT2D eigenvalue weighted by Crippen LogP contribution is -2.34. The Balaban J connectivity index is 3.96. The zero-order valence-corrected chi connectivity index (χ0v) is 12.1. The number of rotatable bonds is 10. The van der Waals surface area contributed by atoms with Gasteiger partial charge in [-0.25, -0.2) is 10.6 Å². The van der Waals surface area contributed by atoms with Gasteiger partial charge in [-0.3, -0.25) is 10.2 Å². The van der Waals surface area contributed by atoms with Gasteiger partial charge < -0.3 is 9.64 Å². The molecule has 6 nitrogen and oxygen atoms in total. The molecule has 0 fully saturated rings. The first-order valence-electron chi connectivity index (χ1n) is 7.06. The van der Waals surface area contributed by atoms with E-state index in [0.29, 0.717) is 26.0 Å². The minimum Gasteiger partial charge on any atom is -0.450 e. The zero-order valence-electron chi connectivity index (χ0n) is 12.1. The number of carbonyl (C=O) groups excluding carboxylic acids is 2. The summed E-state index contributed by atoms with van der Waals surface area (Å²) in [7, 11) is 0. The van der Waals surface area contributed by atoms with E-state index in [4.69, 9.17) is 10.6 Å². The normalized spacial score (nSPS) is 10.1. The molecule has 0 aliphatic rings. The van der Waals surface area contributed by atoms with Crippen LogP contribution in [-0.4, -0.2) is 36.6 Å². The van der Waals surface area contributed by atoms with Crippen molar-refractivity contribution in [1.29, 1.82) is 0 Å². The van der Waals surface area contributed by atoms with Gasteiger partial charge in [-0.2, -0.15) is 0 Å². The van der Waals surface area contributed by atoms with Crippen LogP contribution in [0.1, 0.15) is 52.4 Å². The first kappa shape index (κ1) is 17.7. The summed E-state index contributed by atoms with van der Waals surface area (Å²) < 4.78 is 5.02. The first-order valence-corrected chi connectivity index (χ1v) is 7.06. The van der Waals surface area contributed by atoms with Crippen LogP contribution in [0.3, 0.4) is 0 Å². The van der Waals surface area contributed by atoms with E-state index in [2.05, 4.69) is 12.3 Å². The molecule has 2 amide bonds. The fourth-order valence-electron chi connectivity index (χ4n) is 1.72. The Morgan fingerprint density at radius 3 is 2.26 bits per heavy atom. The summed E-state index contributed by atoms with van der Waals surface area (Å²) in [4.78, 5) is 24.4. The molecule has 6 heteroatoms. The summed E-state index contributed by atoms with van der Waals surface area (Å²) in [6.07, 6.45) is 4.83. The molecule has 0 spiro atoms. The summed E-state index contributed by atoms with van der Waals surface area (Å²) in [6.45, 7) is 5.66. The van der Waals surface area contributed by atoms with Crippen molar-refractivity contribution in [2.75, 3.05) is 19.7 Å². The Morgan fingerprint density at radius 2 is 1.74 bits per heavy atom. The second-order valence-corrected chi connectivity index (χ2v) is 4.42. The molecule has 0 aliphatic heterocycles. The van der Waals surface area contributed by atoms with Crippen LogP contribution in [0.25, 0.3) is 0 Å². The van der Waals surface area contributed by atoms with Crippen molar-refractivity contribution in [2.45, 2.75) is 52.4 Å². The van der Waals surface area contributed by atoms with Crippen molar-refractivity contribution < 1.29 is 14.3 Å². The van der Waals surface area contributed by atoms with E-state index in [-0.39, 0.29) is 12.0 Å². The highest BCUT2D eigenvalue weighted by molar-refractivity contribution is 5.75. The molecule has 0 radical (unpaired) electrons. The number of nitrogens with two attached hydrogens (primary N) is 1. The van der Waals surface area contributed by atoms with Crippen molar-refractivity contribution in [3.8, 4) is 0 Å². The summed E-state index contributed by atoms with van der Waals surface area (Å²) in [5.74, 6) is 4.83. The van der Waals surface area contributed by atoms with Gasteiger partial charge in [-0.1, -0.05) is 19.8 Å². The van der Waals surface area contributed by atoms with Gasteiger partial charge >= 0.3 is 6.09 Å². The topological polar surface area (TPSA) is 84.7 Å². The smallest absolute Gasteiger partial charge is 0.409 e. The molecule has 0 saturated carbocycles. The molecule has 19 heavy (non-hydrogen) atoms. The molecule has 0 aliphatic carbocycles.